The van der Waals surface area contributed by atoms with E-state index in [0.717, 1.165) is 24.7 Å². The summed E-state index contributed by atoms with van der Waals surface area (Å²) in [5, 5.41) is 5.71. The second-order valence-corrected chi connectivity index (χ2v) is 4.60. The molecule has 1 aromatic rings. The van der Waals surface area contributed by atoms with Gasteiger partial charge in [-0.05, 0) is 24.1 Å². The maximum absolute atomic E-state index is 6.05. The number of nitrogens with zero attached hydrogens (tertiary/aromatic N) is 2. The van der Waals surface area contributed by atoms with Crippen LogP contribution in [-0.2, 0) is 0 Å². The van der Waals surface area contributed by atoms with Crippen LogP contribution in [0.25, 0.3) is 0 Å². The van der Waals surface area contributed by atoms with Crippen LogP contribution in [0.4, 0.5) is 0 Å². The fourth-order valence-electron chi connectivity index (χ4n) is 2.56. The number of hydrogen-bond donors (Lipinski definition) is 0. The summed E-state index contributed by atoms with van der Waals surface area (Å²) in [5.41, 5.74) is 1.34. The van der Waals surface area contributed by atoms with Crippen molar-refractivity contribution in [2.24, 2.45) is 0 Å². The van der Waals surface area contributed by atoms with Gasteiger partial charge in [0, 0.05) is 24.7 Å². The van der Waals surface area contributed by atoms with Crippen molar-refractivity contribution in [2.45, 2.75) is 26.3 Å². The Morgan fingerprint density at radius 2 is 2.12 bits per heavy atom. The van der Waals surface area contributed by atoms with Gasteiger partial charge in [0.2, 0.25) is 0 Å². The van der Waals surface area contributed by atoms with Crippen LogP contribution in [0.3, 0.4) is 0 Å². The second-order valence-electron chi connectivity index (χ2n) is 4.16. The molecule has 2 rings (SSSR count). The van der Waals surface area contributed by atoms with E-state index in [-0.39, 0.29) is 0 Å². The molecule has 16 heavy (non-hydrogen) atoms. The van der Waals surface area contributed by atoms with Crippen LogP contribution in [0.15, 0.2) is 24.3 Å². The van der Waals surface area contributed by atoms with Gasteiger partial charge < -0.3 is 0 Å². The van der Waals surface area contributed by atoms with Gasteiger partial charge in [-0.25, -0.2) is 10.0 Å². The van der Waals surface area contributed by atoms with Gasteiger partial charge in [-0.15, -0.1) is 0 Å². The highest BCUT2D eigenvalue weighted by Crippen LogP contribution is 2.32. The highest BCUT2D eigenvalue weighted by Gasteiger charge is 2.30. The van der Waals surface area contributed by atoms with Crippen molar-refractivity contribution in [3.63, 3.8) is 0 Å². The molecule has 2 nitrogen and oxygen atoms in total. The van der Waals surface area contributed by atoms with Gasteiger partial charge in [0.1, 0.15) is 0 Å². The van der Waals surface area contributed by atoms with Crippen LogP contribution < -0.4 is 0 Å². The molecule has 0 aliphatic carbocycles. The van der Waals surface area contributed by atoms with E-state index in [9.17, 15) is 0 Å². The Morgan fingerprint density at radius 3 is 2.75 bits per heavy atom. The summed E-state index contributed by atoms with van der Waals surface area (Å²) < 4.78 is 0. The molecule has 1 unspecified atom stereocenters. The van der Waals surface area contributed by atoms with E-state index >= 15 is 0 Å². The lowest BCUT2D eigenvalue weighted by Crippen LogP contribution is -2.37. The van der Waals surface area contributed by atoms with Crippen LogP contribution >= 0.6 is 11.6 Å². The minimum absolute atomic E-state index is 0.503. The molecule has 0 bridgehead atoms. The van der Waals surface area contributed by atoms with Gasteiger partial charge in [0.05, 0.1) is 6.04 Å². The predicted octanol–water partition coefficient (Wildman–Crippen LogP) is 3.34. The van der Waals surface area contributed by atoms with Crippen molar-refractivity contribution in [1.29, 1.82) is 0 Å². The monoisotopic (exact) mass is 238 g/mol. The molecule has 0 saturated carbocycles. The van der Waals surface area contributed by atoms with E-state index in [1.54, 1.807) is 0 Å². The second kappa shape index (κ2) is 5.17. The molecule has 0 radical (unpaired) electrons. The van der Waals surface area contributed by atoms with E-state index in [1.165, 1.54) is 12.0 Å². The summed E-state index contributed by atoms with van der Waals surface area (Å²) in [6.07, 6.45) is 1.20. The highest BCUT2D eigenvalue weighted by molar-refractivity contribution is 6.30. The van der Waals surface area contributed by atoms with Crippen molar-refractivity contribution in [2.75, 3.05) is 19.6 Å². The first-order valence-electron chi connectivity index (χ1n) is 6.03. The molecular formula is C13H19ClN2. The van der Waals surface area contributed by atoms with Crippen LogP contribution in [0.2, 0.25) is 5.02 Å². The predicted molar refractivity (Wildman–Crippen MR) is 68.4 cm³/mol. The number of rotatable bonds is 3. The Morgan fingerprint density at radius 1 is 1.31 bits per heavy atom. The molecule has 1 saturated heterocycles. The summed E-state index contributed by atoms with van der Waals surface area (Å²) in [4.78, 5) is 0. The number of hydrogen-bond acceptors (Lipinski definition) is 2. The third-order valence-corrected chi connectivity index (χ3v) is 3.54. The molecule has 1 fully saturated rings. The SMILES string of the molecule is CCN1CCC(c2cccc(Cl)c2)N1CC. The average Bonchev–Trinajstić information content (AvgIpc) is 2.71. The molecular weight excluding hydrogens is 220 g/mol. The number of halogens is 1. The Hall–Kier alpha value is -0.570. The van der Waals surface area contributed by atoms with E-state index in [2.05, 4.69) is 36.0 Å². The van der Waals surface area contributed by atoms with Gasteiger partial charge in [0.15, 0.2) is 0 Å². The van der Waals surface area contributed by atoms with Crippen LogP contribution in [0.1, 0.15) is 31.9 Å². The van der Waals surface area contributed by atoms with Crippen LogP contribution in [0, 0.1) is 0 Å². The zero-order chi connectivity index (χ0) is 11.5. The quantitative estimate of drug-likeness (QED) is 0.797. The Balaban J connectivity index is 2.21. The normalized spacial score (nSPS) is 22.8. The third-order valence-electron chi connectivity index (χ3n) is 3.31. The van der Waals surface area contributed by atoms with Gasteiger partial charge in [0.25, 0.3) is 0 Å². The number of hydrazine groups is 1. The largest absolute Gasteiger partial charge is 0.241 e. The third kappa shape index (κ3) is 2.24. The maximum atomic E-state index is 6.05. The summed E-state index contributed by atoms with van der Waals surface area (Å²) in [6, 6.07) is 8.75. The van der Waals surface area contributed by atoms with Crippen LogP contribution in [-0.4, -0.2) is 29.7 Å². The Labute approximate surface area is 103 Å². The molecule has 0 aromatic heterocycles. The first-order valence-corrected chi connectivity index (χ1v) is 6.41. The first-order chi connectivity index (χ1) is 7.76. The molecule has 1 aromatic carbocycles. The molecule has 0 N–H and O–H groups in total. The van der Waals surface area contributed by atoms with Crippen LogP contribution in [0.5, 0.6) is 0 Å². The summed E-state index contributed by atoms with van der Waals surface area (Å²) in [5.74, 6) is 0. The van der Waals surface area contributed by atoms with E-state index < -0.39 is 0 Å². The zero-order valence-electron chi connectivity index (χ0n) is 9.99. The lowest BCUT2D eigenvalue weighted by molar-refractivity contribution is 0.00625. The molecule has 3 heteroatoms. The van der Waals surface area contributed by atoms with Gasteiger partial charge in [-0.2, -0.15) is 0 Å². The topological polar surface area (TPSA) is 6.48 Å². The van der Waals surface area contributed by atoms with Crippen molar-refractivity contribution in [1.82, 2.24) is 10.0 Å². The Bertz CT molecular complexity index is 354. The van der Waals surface area contributed by atoms with Crippen molar-refractivity contribution in [3.8, 4) is 0 Å². The minimum Gasteiger partial charge on any atom is -0.241 e. The van der Waals surface area contributed by atoms with Crippen molar-refractivity contribution >= 4 is 11.6 Å². The zero-order valence-corrected chi connectivity index (χ0v) is 10.7. The highest BCUT2D eigenvalue weighted by atomic mass is 35.5. The number of benzene rings is 1. The van der Waals surface area contributed by atoms with Crippen molar-refractivity contribution in [3.05, 3.63) is 34.9 Å². The summed E-state index contributed by atoms with van der Waals surface area (Å²) >= 11 is 6.05. The molecule has 0 spiro atoms. The fourth-order valence-corrected chi connectivity index (χ4v) is 2.76. The molecule has 1 aliphatic rings. The molecule has 88 valence electrons. The van der Waals surface area contributed by atoms with E-state index in [0.29, 0.717) is 6.04 Å². The molecule has 1 atom stereocenters. The first kappa shape index (κ1) is 11.9. The van der Waals surface area contributed by atoms with Crippen molar-refractivity contribution < 1.29 is 0 Å². The van der Waals surface area contributed by atoms with Gasteiger partial charge in [-0.3, -0.25) is 0 Å². The van der Waals surface area contributed by atoms with Gasteiger partial charge in [-0.1, -0.05) is 37.6 Å². The average molecular weight is 239 g/mol. The lowest BCUT2D eigenvalue weighted by Gasteiger charge is -2.30. The lowest BCUT2D eigenvalue weighted by atomic mass is 10.0. The maximum Gasteiger partial charge on any atom is 0.0508 e. The Kier molecular flexibility index (Phi) is 3.85. The molecule has 1 aliphatic heterocycles. The van der Waals surface area contributed by atoms with E-state index in [1.807, 2.05) is 12.1 Å². The standard InChI is InChI=1S/C13H19ClN2/c1-3-15-9-8-13(16(15)4-2)11-6-5-7-12(14)10-11/h5-7,10,13H,3-4,8-9H2,1-2H3. The molecule has 1 heterocycles. The minimum atomic E-state index is 0.503. The smallest absolute Gasteiger partial charge is 0.0508 e. The molecule has 0 amide bonds. The summed E-state index contributed by atoms with van der Waals surface area (Å²) in [7, 11) is 0. The van der Waals surface area contributed by atoms with E-state index in [4.69, 9.17) is 11.6 Å². The fraction of sp³-hybridized carbons (Fsp3) is 0.538. The summed E-state index contributed by atoms with van der Waals surface area (Å²) in [6.45, 7) is 7.73. The van der Waals surface area contributed by atoms with Gasteiger partial charge >= 0.3 is 0 Å².